The molecule has 0 heterocycles. The lowest BCUT2D eigenvalue weighted by Crippen LogP contribution is -2.24. The van der Waals surface area contributed by atoms with Crippen LogP contribution in [0.15, 0.2) is 47.6 Å². The highest BCUT2D eigenvalue weighted by Crippen LogP contribution is 2.27. The van der Waals surface area contributed by atoms with Crippen molar-refractivity contribution in [3.63, 3.8) is 0 Å². The van der Waals surface area contributed by atoms with E-state index in [1.807, 2.05) is 0 Å². The number of nitrogens with one attached hydrogen (secondary N) is 1. The van der Waals surface area contributed by atoms with Gasteiger partial charge in [0.15, 0.2) is 29.7 Å². The molecule has 0 atom stereocenters. The number of hydrogen-bond acceptors (Lipinski definition) is 5. The number of rotatable bonds is 10. The molecular weight excluding hydrogens is 351 g/mol. The van der Waals surface area contributed by atoms with Gasteiger partial charge >= 0.3 is 0 Å². The maximum absolute atomic E-state index is 13.4. The van der Waals surface area contributed by atoms with Gasteiger partial charge in [0, 0.05) is 0 Å². The number of hydrogen-bond donors (Lipinski definition) is 1. The summed E-state index contributed by atoms with van der Waals surface area (Å²) in [5.74, 6) is 0.234. The minimum Gasteiger partial charge on any atom is -0.493 e. The Morgan fingerprint density at radius 1 is 1.15 bits per heavy atom. The zero-order chi connectivity index (χ0) is 19.5. The van der Waals surface area contributed by atoms with E-state index in [1.54, 1.807) is 37.4 Å². The van der Waals surface area contributed by atoms with Crippen molar-refractivity contribution in [2.45, 2.75) is 19.8 Å². The number of unbranched alkanes of at least 4 members (excludes halogenated alkanes) is 1. The number of ether oxygens (including phenoxy) is 3. The van der Waals surface area contributed by atoms with E-state index in [4.69, 9.17) is 14.2 Å². The molecule has 0 saturated carbocycles. The number of hydrazone groups is 1. The molecule has 2 rings (SSSR count). The zero-order valence-corrected chi connectivity index (χ0v) is 15.4. The third-order valence-corrected chi connectivity index (χ3v) is 3.54. The van der Waals surface area contributed by atoms with Crippen molar-refractivity contribution in [2.24, 2.45) is 5.10 Å². The molecule has 7 heteroatoms. The lowest BCUT2D eigenvalue weighted by Gasteiger charge is -2.10. The van der Waals surface area contributed by atoms with E-state index in [1.165, 1.54) is 18.3 Å². The Kier molecular flexibility index (Phi) is 8.09. The molecule has 0 bridgehead atoms. The van der Waals surface area contributed by atoms with Crippen LogP contribution in [0.1, 0.15) is 25.3 Å². The molecule has 0 aromatic heterocycles. The van der Waals surface area contributed by atoms with Gasteiger partial charge in [-0.3, -0.25) is 4.79 Å². The van der Waals surface area contributed by atoms with Crippen LogP contribution in [0.2, 0.25) is 0 Å². The van der Waals surface area contributed by atoms with Crippen LogP contribution in [-0.4, -0.2) is 32.4 Å². The molecule has 144 valence electrons. The third kappa shape index (κ3) is 6.62. The number of carbonyl (C=O) groups is 1. The van der Waals surface area contributed by atoms with Crippen molar-refractivity contribution in [3.05, 3.63) is 53.8 Å². The molecule has 0 aliphatic heterocycles. The van der Waals surface area contributed by atoms with E-state index in [0.717, 1.165) is 18.4 Å². The smallest absolute Gasteiger partial charge is 0.277 e. The molecule has 2 aromatic rings. The maximum atomic E-state index is 13.4. The summed E-state index contributed by atoms with van der Waals surface area (Å²) in [6, 6.07) is 11.2. The summed E-state index contributed by atoms with van der Waals surface area (Å²) in [6.07, 6.45) is 3.49. The van der Waals surface area contributed by atoms with Gasteiger partial charge in [-0.2, -0.15) is 5.10 Å². The monoisotopic (exact) mass is 374 g/mol. The number of halogens is 1. The highest BCUT2D eigenvalue weighted by molar-refractivity contribution is 5.83. The van der Waals surface area contributed by atoms with Crippen LogP contribution in [0, 0.1) is 5.82 Å². The Morgan fingerprint density at radius 2 is 1.96 bits per heavy atom. The van der Waals surface area contributed by atoms with Gasteiger partial charge in [0.2, 0.25) is 0 Å². The topological polar surface area (TPSA) is 69.2 Å². The highest BCUT2D eigenvalue weighted by atomic mass is 19.1. The van der Waals surface area contributed by atoms with Gasteiger partial charge in [0.25, 0.3) is 5.91 Å². The molecule has 0 unspecified atom stereocenters. The van der Waals surface area contributed by atoms with Gasteiger partial charge in [-0.25, -0.2) is 9.82 Å². The summed E-state index contributed by atoms with van der Waals surface area (Å²) in [4.78, 5) is 11.7. The Morgan fingerprint density at radius 3 is 2.70 bits per heavy atom. The van der Waals surface area contributed by atoms with Crippen molar-refractivity contribution in [1.29, 1.82) is 0 Å². The lowest BCUT2D eigenvalue weighted by molar-refractivity contribution is -0.123. The molecule has 0 aliphatic carbocycles. The zero-order valence-electron chi connectivity index (χ0n) is 15.4. The number of nitrogens with zero attached hydrogens (tertiary/aromatic N) is 1. The summed E-state index contributed by atoms with van der Waals surface area (Å²) in [7, 11) is 1.56. The van der Waals surface area contributed by atoms with Gasteiger partial charge in [-0.05, 0) is 42.3 Å². The molecule has 1 N–H and O–H groups in total. The van der Waals surface area contributed by atoms with Crippen molar-refractivity contribution in [3.8, 4) is 17.2 Å². The van der Waals surface area contributed by atoms with Crippen LogP contribution in [0.5, 0.6) is 17.2 Å². The molecule has 27 heavy (non-hydrogen) atoms. The van der Waals surface area contributed by atoms with Gasteiger partial charge in [0.1, 0.15) is 0 Å². The summed E-state index contributed by atoms with van der Waals surface area (Å²) >= 11 is 0. The Labute approximate surface area is 157 Å². The normalized spacial score (nSPS) is 10.6. The van der Waals surface area contributed by atoms with Crippen molar-refractivity contribution in [2.75, 3.05) is 20.3 Å². The first-order valence-electron chi connectivity index (χ1n) is 8.64. The maximum Gasteiger partial charge on any atom is 0.277 e. The quantitative estimate of drug-likeness (QED) is 0.392. The fraction of sp³-hybridized carbons (Fsp3) is 0.300. The van der Waals surface area contributed by atoms with Crippen molar-refractivity contribution in [1.82, 2.24) is 5.43 Å². The number of methoxy groups -OCH3 is 1. The van der Waals surface area contributed by atoms with E-state index in [9.17, 15) is 9.18 Å². The van der Waals surface area contributed by atoms with Gasteiger partial charge in [0.05, 0.1) is 19.9 Å². The second-order valence-electron chi connectivity index (χ2n) is 5.62. The molecule has 0 spiro atoms. The highest BCUT2D eigenvalue weighted by Gasteiger charge is 2.06. The fourth-order valence-corrected chi connectivity index (χ4v) is 2.13. The van der Waals surface area contributed by atoms with Gasteiger partial charge in [-0.15, -0.1) is 0 Å². The second-order valence-corrected chi connectivity index (χ2v) is 5.62. The molecule has 0 saturated heterocycles. The van der Waals surface area contributed by atoms with Gasteiger partial charge in [-0.1, -0.05) is 25.5 Å². The molecule has 1 amide bonds. The van der Waals surface area contributed by atoms with Crippen LogP contribution >= 0.6 is 0 Å². The van der Waals surface area contributed by atoms with E-state index < -0.39 is 11.7 Å². The Bertz CT molecular complexity index is 780. The largest absolute Gasteiger partial charge is 0.493 e. The first-order chi connectivity index (χ1) is 13.1. The molecular formula is C20H23FN2O4. The second kappa shape index (κ2) is 10.8. The third-order valence-electron chi connectivity index (χ3n) is 3.54. The average Bonchev–Trinajstić information content (AvgIpc) is 2.68. The summed E-state index contributed by atoms with van der Waals surface area (Å²) < 4.78 is 29.5. The van der Waals surface area contributed by atoms with Crippen LogP contribution in [-0.2, 0) is 4.79 Å². The Hall–Kier alpha value is -3.09. The summed E-state index contributed by atoms with van der Waals surface area (Å²) in [5, 5.41) is 3.86. The number of benzene rings is 2. The predicted molar refractivity (Wildman–Crippen MR) is 101 cm³/mol. The fourth-order valence-electron chi connectivity index (χ4n) is 2.13. The molecule has 2 aromatic carbocycles. The number of amides is 1. The standard InChI is InChI=1S/C20H23FN2O4/c1-3-4-11-26-18-10-9-15(12-19(18)25-2)13-22-23-20(24)14-27-17-8-6-5-7-16(17)21/h5-10,12-13H,3-4,11,14H2,1-2H3,(H,23,24)/b22-13+. The average molecular weight is 374 g/mol. The summed E-state index contributed by atoms with van der Waals surface area (Å²) in [5.41, 5.74) is 3.05. The van der Waals surface area contributed by atoms with Crippen molar-refractivity contribution >= 4 is 12.1 Å². The molecule has 6 nitrogen and oxygen atoms in total. The Balaban J connectivity index is 1.85. The van der Waals surface area contributed by atoms with E-state index in [2.05, 4.69) is 17.5 Å². The minimum atomic E-state index is -0.526. The first kappa shape index (κ1) is 20.2. The van der Waals surface area contributed by atoms with E-state index in [0.29, 0.717) is 18.1 Å². The van der Waals surface area contributed by atoms with E-state index >= 15 is 0 Å². The number of para-hydroxylation sites is 1. The molecule has 0 aliphatic rings. The summed E-state index contributed by atoms with van der Waals surface area (Å²) in [6.45, 7) is 2.37. The van der Waals surface area contributed by atoms with Crippen LogP contribution < -0.4 is 19.6 Å². The SMILES string of the molecule is CCCCOc1ccc(/C=N/NC(=O)COc2ccccc2F)cc1OC. The predicted octanol–water partition coefficient (Wildman–Crippen LogP) is 3.54. The lowest BCUT2D eigenvalue weighted by atomic mass is 10.2. The molecule has 0 radical (unpaired) electrons. The van der Waals surface area contributed by atoms with Crippen LogP contribution in [0.3, 0.4) is 0 Å². The first-order valence-corrected chi connectivity index (χ1v) is 8.64. The van der Waals surface area contributed by atoms with E-state index in [-0.39, 0.29) is 12.4 Å². The van der Waals surface area contributed by atoms with Crippen molar-refractivity contribution < 1.29 is 23.4 Å². The van der Waals surface area contributed by atoms with Crippen LogP contribution in [0.4, 0.5) is 4.39 Å². The number of carbonyl (C=O) groups excluding carboxylic acids is 1. The minimum absolute atomic E-state index is 0.0139. The van der Waals surface area contributed by atoms with Crippen LogP contribution in [0.25, 0.3) is 0 Å². The molecule has 0 fully saturated rings. The van der Waals surface area contributed by atoms with Gasteiger partial charge < -0.3 is 14.2 Å².